The molecule has 0 aliphatic carbocycles. The zero-order valence-electron chi connectivity index (χ0n) is 10.4. The number of primary amides is 1. The Kier molecular flexibility index (Phi) is 6.49. The van der Waals surface area contributed by atoms with Crippen LogP contribution < -0.4 is 15.8 Å². The molecule has 1 aromatic rings. The second-order valence-corrected chi connectivity index (χ2v) is 3.51. The minimum Gasteiger partial charge on any atom is -0.478 e. The highest BCUT2D eigenvalue weighted by molar-refractivity contribution is 5.74. The third-order valence-corrected chi connectivity index (χ3v) is 1.86. The van der Waals surface area contributed by atoms with Gasteiger partial charge >= 0.3 is 0 Å². The molecule has 1 heterocycles. The van der Waals surface area contributed by atoms with Crippen LogP contribution in [0.4, 0.5) is 5.95 Å². The number of anilines is 1. The van der Waals surface area contributed by atoms with E-state index >= 15 is 0 Å². The summed E-state index contributed by atoms with van der Waals surface area (Å²) < 4.78 is 10.4. The molecular weight excluding hydrogens is 236 g/mol. The highest BCUT2D eigenvalue weighted by Gasteiger charge is 1.99. The average molecular weight is 254 g/mol. The third-order valence-electron chi connectivity index (χ3n) is 1.86. The molecule has 0 saturated heterocycles. The summed E-state index contributed by atoms with van der Waals surface area (Å²) in [6.45, 7) is 3.41. The number of nitrogens with zero attached hydrogens (tertiary/aromatic N) is 2. The molecule has 0 bridgehead atoms. The van der Waals surface area contributed by atoms with Gasteiger partial charge in [0, 0.05) is 18.8 Å². The number of hydrogen-bond donors (Lipinski definition) is 2. The standard InChI is InChI=1S/C11H18N4O3/c1-2-6-18-10-3-4-13-11(15-10)14-5-7-17-8-9(12)16/h3-4H,2,5-8H2,1H3,(H2,12,16)(H,13,14,15). The Morgan fingerprint density at radius 1 is 1.50 bits per heavy atom. The van der Waals surface area contributed by atoms with Gasteiger partial charge in [0.25, 0.3) is 0 Å². The smallest absolute Gasteiger partial charge is 0.243 e. The van der Waals surface area contributed by atoms with Crippen molar-refractivity contribution in [2.75, 3.05) is 31.7 Å². The fraction of sp³-hybridized carbons (Fsp3) is 0.545. The van der Waals surface area contributed by atoms with Crippen LogP contribution in [0, 0.1) is 0 Å². The van der Waals surface area contributed by atoms with Crippen molar-refractivity contribution in [3.05, 3.63) is 12.3 Å². The van der Waals surface area contributed by atoms with Crippen molar-refractivity contribution in [3.8, 4) is 5.88 Å². The highest BCUT2D eigenvalue weighted by atomic mass is 16.5. The average Bonchev–Trinajstić information content (AvgIpc) is 2.36. The summed E-state index contributed by atoms with van der Waals surface area (Å²) in [7, 11) is 0. The van der Waals surface area contributed by atoms with Gasteiger partial charge in [-0.3, -0.25) is 4.79 Å². The second kappa shape index (κ2) is 8.24. The van der Waals surface area contributed by atoms with Crippen LogP contribution in [0.1, 0.15) is 13.3 Å². The van der Waals surface area contributed by atoms with Gasteiger partial charge in [-0.25, -0.2) is 4.98 Å². The number of carbonyl (C=O) groups is 1. The Morgan fingerprint density at radius 2 is 2.33 bits per heavy atom. The molecule has 100 valence electrons. The predicted molar refractivity (Wildman–Crippen MR) is 66.3 cm³/mol. The highest BCUT2D eigenvalue weighted by Crippen LogP contribution is 2.08. The summed E-state index contributed by atoms with van der Waals surface area (Å²) in [6.07, 6.45) is 2.54. The summed E-state index contributed by atoms with van der Waals surface area (Å²) >= 11 is 0. The first-order valence-corrected chi connectivity index (χ1v) is 5.78. The molecular formula is C11H18N4O3. The molecule has 0 aliphatic heterocycles. The van der Waals surface area contributed by atoms with E-state index in [9.17, 15) is 4.79 Å². The SMILES string of the molecule is CCCOc1ccnc(NCCOCC(N)=O)n1. The lowest BCUT2D eigenvalue weighted by Crippen LogP contribution is -2.21. The zero-order chi connectivity index (χ0) is 13.2. The van der Waals surface area contributed by atoms with Crippen molar-refractivity contribution in [1.82, 2.24) is 9.97 Å². The van der Waals surface area contributed by atoms with Crippen molar-refractivity contribution in [3.63, 3.8) is 0 Å². The number of aromatic nitrogens is 2. The first-order valence-electron chi connectivity index (χ1n) is 5.78. The van der Waals surface area contributed by atoms with E-state index in [2.05, 4.69) is 15.3 Å². The van der Waals surface area contributed by atoms with E-state index in [1.807, 2.05) is 6.92 Å². The lowest BCUT2D eigenvalue weighted by Gasteiger charge is -2.07. The van der Waals surface area contributed by atoms with Crippen molar-refractivity contribution in [1.29, 1.82) is 0 Å². The number of ether oxygens (including phenoxy) is 2. The molecule has 1 amide bonds. The van der Waals surface area contributed by atoms with Crippen molar-refractivity contribution < 1.29 is 14.3 Å². The lowest BCUT2D eigenvalue weighted by molar-refractivity contribution is -0.122. The first-order chi connectivity index (χ1) is 8.72. The van der Waals surface area contributed by atoms with Gasteiger partial charge in [0.05, 0.1) is 13.2 Å². The van der Waals surface area contributed by atoms with Crippen LogP contribution in [-0.4, -0.2) is 42.2 Å². The van der Waals surface area contributed by atoms with Gasteiger partial charge in [-0.1, -0.05) is 6.92 Å². The fourth-order valence-corrected chi connectivity index (χ4v) is 1.12. The van der Waals surface area contributed by atoms with E-state index in [1.54, 1.807) is 12.3 Å². The molecule has 0 aliphatic rings. The Bertz CT molecular complexity index is 373. The maximum atomic E-state index is 10.4. The van der Waals surface area contributed by atoms with Gasteiger partial charge in [-0.05, 0) is 6.42 Å². The molecule has 0 atom stereocenters. The minimum atomic E-state index is -0.485. The summed E-state index contributed by atoms with van der Waals surface area (Å²) in [5.74, 6) is 0.514. The normalized spacial score (nSPS) is 10.1. The Balaban J connectivity index is 2.26. The molecule has 0 spiro atoms. The molecule has 7 heteroatoms. The minimum absolute atomic E-state index is 0.0812. The Hall–Kier alpha value is -1.89. The van der Waals surface area contributed by atoms with Crippen LogP contribution in [0.25, 0.3) is 0 Å². The molecule has 0 radical (unpaired) electrons. The van der Waals surface area contributed by atoms with E-state index in [0.29, 0.717) is 31.6 Å². The molecule has 1 rings (SSSR count). The van der Waals surface area contributed by atoms with E-state index < -0.39 is 5.91 Å². The monoisotopic (exact) mass is 254 g/mol. The summed E-state index contributed by atoms with van der Waals surface area (Å²) in [6, 6.07) is 1.70. The van der Waals surface area contributed by atoms with Crippen LogP contribution in [-0.2, 0) is 9.53 Å². The zero-order valence-corrected chi connectivity index (χ0v) is 10.4. The third kappa shape index (κ3) is 6.00. The molecule has 1 aromatic heterocycles. The van der Waals surface area contributed by atoms with Crippen LogP contribution >= 0.6 is 0 Å². The maximum absolute atomic E-state index is 10.4. The Morgan fingerprint density at radius 3 is 3.06 bits per heavy atom. The van der Waals surface area contributed by atoms with Crippen molar-refractivity contribution >= 4 is 11.9 Å². The summed E-state index contributed by atoms with van der Waals surface area (Å²) in [5, 5.41) is 2.96. The van der Waals surface area contributed by atoms with Gasteiger partial charge in [0.15, 0.2) is 0 Å². The van der Waals surface area contributed by atoms with Crippen molar-refractivity contribution in [2.24, 2.45) is 5.73 Å². The number of nitrogens with one attached hydrogen (secondary N) is 1. The number of amides is 1. The molecule has 7 nitrogen and oxygen atoms in total. The van der Waals surface area contributed by atoms with E-state index in [-0.39, 0.29) is 6.61 Å². The summed E-state index contributed by atoms with van der Waals surface area (Å²) in [5.41, 5.74) is 4.93. The van der Waals surface area contributed by atoms with Crippen molar-refractivity contribution in [2.45, 2.75) is 13.3 Å². The number of carbonyl (C=O) groups excluding carboxylic acids is 1. The van der Waals surface area contributed by atoms with Gasteiger partial charge < -0.3 is 20.5 Å². The molecule has 18 heavy (non-hydrogen) atoms. The number of nitrogens with two attached hydrogens (primary N) is 1. The van der Waals surface area contributed by atoms with Crippen LogP contribution in [0.5, 0.6) is 5.88 Å². The van der Waals surface area contributed by atoms with Crippen LogP contribution in [0.15, 0.2) is 12.3 Å². The predicted octanol–water partition coefficient (Wildman–Crippen LogP) is 0.179. The largest absolute Gasteiger partial charge is 0.478 e. The van der Waals surface area contributed by atoms with E-state index in [1.165, 1.54) is 0 Å². The second-order valence-electron chi connectivity index (χ2n) is 3.51. The van der Waals surface area contributed by atoms with Crippen LogP contribution in [0.3, 0.4) is 0 Å². The quantitative estimate of drug-likeness (QED) is 0.610. The van der Waals surface area contributed by atoms with Gasteiger partial charge in [-0.2, -0.15) is 4.98 Å². The fourth-order valence-electron chi connectivity index (χ4n) is 1.12. The molecule has 0 aromatic carbocycles. The lowest BCUT2D eigenvalue weighted by atomic mass is 10.5. The molecule has 0 saturated carbocycles. The van der Waals surface area contributed by atoms with Gasteiger partial charge in [0.1, 0.15) is 6.61 Å². The van der Waals surface area contributed by atoms with Crippen LogP contribution in [0.2, 0.25) is 0 Å². The number of hydrogen-bond acceptors (Lipinski definition) is 6. The first kappa shape index (κ1) is 14.2. The molecule has 0 unspecified atom stereocenters. The number of rotatable bonds is 9. The maximum Gasteiger partial charge on any atom is 0.243 e. The van der Waals surface area contributed by atoms with Gasteiger partial charge in [-0.15, -0.1) is 0 Å². The summed E-state index contributed by atoms with van der Waals surface area (Å²) in [4.78, 5) is 18.6. The topological polar surface area (TPSA) is 99.4 Å². The molecule has 3 N–H and O–H groups in total. The Labute approximate surface area is 106 Å². The van der Waals surface area contributed by atoms with E-state index in [4.69, 9.17) is 15.2 Å². The van der Waals surface area contributed by atoms with Gasteiger partial charge in [0.2, 0.25) is 17.7 Å². The van der Waals surface area contributed by atoms with E-state index in [0.717, 1.165) is 6.42 Å². The molecule has 0 fully saturated rings.